The van der Waals surface area contributed by atoms with Gasteiger partial charge < -0.3 is 15.4 Å². The van der Waals surface area contributed by atoms with Crippen LogP contribution in [0.4, 0.5) is 10.2 Å². The first-order chi connectivity index (χ1) is 16.5. The van der Waals surface area contributed by atoms with Gasteiger partial charge in [0, 0.05) is 17.5 Å². The molecule has 0 spiro atoms. The van der Waals surface area contributed by atoms with Gasteiger partial charge in [0.25, 0.3) is 17.8 Å². The topological polar surface area (TPSA) is 128 Å². The number of halogens is 1. The molecule has 184 valence electrons. The number of amides is 2. The number of rotatable bonds is 8. The van der Waals surface area contributed by atoms with E-state index in [1.807, 2.05) is 19.9 Å². The van der Waals surface area contributed by atoms with Crippen molar-refractivity contribution in [3.8, 4) is 5.95 Å². The number of nitrogens with one attached hydrogen (secondary N) is 2. The van der Waals surface area contributed by atoms with Gasteiger partial charge in [-0.25, -0.2) is 19.2 Å². The predicted octanol–water partition coefficient (Wildman–Crippen LogP) is 2.66. The number of hydrogen-bond acceptors (Lipinski definition) is 7. The summed E-state index contributed by atoms with van der Waals surface area (Å²) in [5, 5.41) is 9.43. The summed E-state index contributed by atoms with van der Waals surface area (Å²) in [7, 11) is 0. The van der Waals surface area contributed by atoms with E-state index in [1.54, 1.807) is 26.8 Å². The van der Waals surface area contributed by atoms with Gasteiger partial charge in [-0.3, -0.25) is 9.59 Å². The lowest BCUT2D eigenvalue weighted by Crippen LogP contribution is -2.46. The van der Waals surface area contributed by atoms with Crippen LogP contribution in [0.15, 0.2) is 36.4 Å². The molecule has 1 atom stereocenters. The second kappa shape index (κ2) is 10.9. The van der Waals surface area contributed by atoms with E-state index in [4.69, 9.17) is 4.74 Å². The molecule has 0 aliphatic heterocycles. The molecule has 2 N–H and O–H groups in total. The molecule has 0 saturated carbocycles. The Kier molecular flexibility index (Phi) is 7.90. The van der Waals surface area contributed by atoms with Crippen molar-refractivity contribution in [1.82, 2.24) is 25.1 Å². The summed E-state index contributed by atoms with van der Waals surface area (Å²) >= 11 is 0. The number of aryl methyl sites for hydroxylation is 3. The zero-order chi connectivity index (χ0) is 25.7. The molecule has 10 nitrogen and oxygen atoms in total. The average Bonchev–Trinajstić information content (AvgIpc) is 3.15. The number of nitrogens with zero attached hydrogens (tertiary/aromatic N) is 4. The molecule has 2 amide bonds. The van der Waals surface area contributed by atoms with Crippen LogP contribution in [0.3, 0.4) is 0 Å². The van der Waals surface area contributed by atoms with Crippen LogP contribution in [0.25, 0.3) is 5.95 Å². The van der Waals surface area contributed by atoms with Crippen molar-refractivity contribution in [1.29, 1.82) is 0 Å². The molecule has 2 aromatic heterocycles. The largest absolute Gasteiger partial charge is 0.454 e. The van der Waals surface area contributed by atoms with Gasteiger partial charge in [-0.15, -0.1) is 0 Å². The van der Waals surface area contributed by atoms with Crippen LogP contribution in [0.5, 0.6) is 0 Å². The monoisotopic (exact) mass is 482 g/mol. The van der Waals surface area contributed by atoms with Gasteiger partial charge in [0.2, 0.25) is 0 Å². The quantitative estimate of drug-likeness (QED) is 0.473. The summed E-state index contributed by atoms with van der Waals surface area (Å²) in [5.41, 5.74) is 1.91. The Labute approximate surface area is 201 Å². The van der Waals surface area contributed by atoms with E-state index in [-0.39, 0.29) is 11.5 Å². The van der Waals surface area contributed by atoms with Crippen LogP contribution in [0, 0.1) is 32.5 Å². The normalized spacial score (nSPS) is 11.7. The first-order valence-corrected chi connectivity index (χ1v) is 11.0. The lowest BCUT2D eigenvalue weighted by atomic mass is 10.0. The molecular weight excluding hydrogens is 455 g/mol. The number of anilines is 1. The zero-order valence-corrected chi connectivity index (χ0v) is 20.1. The Morgan fingerprint density at radius 2 is 1.69 bits per heavy atom. The number of esters is 1. The van der Waals surface area contributed by atoms with E-state index in [0.29, 0.717) is 17.5 Å². The minimum absolute atomic E-state index is 0.194. The summed E-state index contributed by atoms with van der Waals surface area (Å²) in [6.45, 7) is 8.18. The van der Waals surface area contributed by atoms with Crippen LogP contribution in [0.2, 0.25) is 0 Å². The second-order valence-electron chi connectivity index (χ2n) is 8.36. The zero-order valence-electron chi connectivity index (χ0n) is 20.1. The van der Waals surface area contributed by atoms with E-state index in [1.165, 1.54) is 22.9 Å². The maximum absolute atomic E-state index is 13.9. The highest BCUT2D eigenvalue weighted by molar-refractivity contribution is 5.97. The van der Waals surface area contributed by atoms with Gasteiger partial charge in [-0.2, -0.15) is 9.78 Å². The molecule has 35 heavy (non-hydrogen) atoms. The minimum Gasteiger partial charge on any atom is -0.454 e. The number of benzene rings is 1. The Morgan fingerprint density at radius 3 is 2.31 bits per heavy atom. The second-order valence-corrected chi connectivity index (χ2v) is 8.36. The van der Waals surface area contributed by atoms with E-state index in [9.17, 15) is 18.8 Å². The highest BCUT2D eigenvalue weighted by Gasteiger charge is 2.28. The fourth-order valence-corrected chi connectivity index (χ4v) is 3.31. The van der Waals surface area contributed by atoms with Crippen molar-refractivity contribution in [3.63, 3.8) is 0 Å². The van der Waals surface area contributed by atoms with Crippen LogP contribution in [0.1, 0.15) is 41.3 Å². The summed E-state index contributed by atoms with van der Waals surface area (Å²) in [4.78, 5) is 46.3. The molecule has 1 unspecified atom stereocenters. The van der Waals surface area contributed by atoms with Crippen molar-refractivity contribution >= 4 is 23.6 Å². The Morgan fingerprint density at radius 1 is 1.03 bits per heavy atom. The molecule has 1 aromatic carbocycles. The highest BCUT2D eigenvalue weighted by atomic mass is 19.1. The van der Waals surface area contributed by atoms with Gasteiger partial charge in [0.1, 0.15) is 17.7 Å². The molecule has 0 aliphatic rings. The number of carbonyl (C=O) groups excluding carboxylic acids is 3. The van der Waals surface area contributed by atoms with Crippen LogP contribution in [-0.4, -0.2) is 50.2 Å². The smallest absolute Gasteiger partial charge is 0.329 e. The van der Waals surface area contributed by atoms with Gasteiger partial charge in [-0.1, -0.05) is 26.0 Å². The predicted molar refractivity (Wildman–Crippen MR) is 125 cm³/mol. The number of hydrogen-bond donors (Lipinski definition) is 2. The van der Waals surface area contributed by atoms with Crippen LogP contribution >= 0.6 is 0 Å². The molecule has 0 fully saturated rings. The van der Waals surface area contributed by atoms with Crippen molar-refractivity contribution in [2.45, 2.75) is 40.7 Å². The molecule has 0 saturated heterocycles. The fraction of sp³-hybridized carbons (Fsp3) is 0.333. The lowest BCUT2D eigenvalue weighted by Gasteiger charge is -2.21. The van der Waals surface area contributed by atoms with Gasteiger partial charge in [-0.05, 0) is 44.9 Å². The Balaban J connectivity index is 1.65. The third-order valence-corrected chi connectivity index (χ3v) is 4.93. The van der Waals surface area contributed by atoms with Crippen molar-refractivity contribution in [3.05, 3.63) is 64.9 Å². The molecule has 0 aliphatic carbocycles. The maximum Gasteiger partial charge on any atom is 0.329 e. The van der Waals surface area contributed by atoms with Gasteiger partial charge >= 0.3 is 5.97 Å². The average molecular weight is 483 g/mol. The van der Waals surface area contributed by atoms with Crippen molar-refractivity contribution < 1.29 is 23.5 Å². The van der Waals surface area contributed by atoms with Crippen LogP contribution < -0.4 is 10.6 Å². The number of carbonyl (C=O) groups is 3. The number of aromatic nitrogens is 4. The van der Waals surface area contributed by atoms with Crippen LogP contribution in [-0.2, 0) is 14.3 Å². The highest BCUT2D eigenvalue weighted by Crippen LogP contribution is 2.15. The van der Waals surface area contributed by atoms with E-state index >= 15 is 0 Å². The maximum atomic E-state index is 13.9. The number of ether oxygens (including phenoxy) is 1. The van der Waals surface area contributed by atoms with Gasteiger partial charge in [0.05, 0.1) is 11.3 Å². The van der Waals surface area contributed by atoms with Crippen molar-refractivity contribution in [2.24, 2.45) is 5.92 Å². The third-order valence-electron chi connectivity index (χ3n) is 4.93. The standard InChI is InChI=1S/C24H27FN6O4/c1-13(2)21(29-22(33)17-8-6-7-9-18(17)25)23(34)35-12-20(32)28-19-11-16(5)30-31(19)24-26-14(3)10-15(4)27-24/h6-11,13,21H,12H2,1-5H3,(H,28,32)(H,29,33). The summed E-state index contributed by atoms with van der Waals surface area (Å²) < 4.78 is 20.4. The van der Waals surface area contributed by atoms with Crippen molar-refractivity contribution in [2.75, 3.05) is 11.9 Å². The Bertz CT molecular complexity index is 1240. The lowest BCUT2D eigenvalue weighted by molar-refractivity contribution is -0.150. The molecule has 11 heteroatoms. The molecule has 3 rings (SSSR count). The molecule has 0 bridgehead atoms. The fourth-order valence-electron chi connectivity index (χ4n) is 3.31. The molecular formula is C24H27FN6O4. The molecule has 3 aromatic rings. The summed E-state index contributed by atoms with van der Waals surface area (Å²) in [6.07, 6.45) is 0. The first-order valence-electron chi connectivity index (χ1n) is 11.0. The molecule has 0 radical (unpaired) electrons. The SMILES string of the molecule is Cc1cc(C)nc(-n2nc(C)cc2NC(=O)COC(=O)C(NC(=O)c2ccccc2F)C(C)C)n1. The third kappa shape index (κ3) is 6.46. The first kappa shape index (κ1) is 25.5. The van der Waals surface area contributed by atoms with E-state index in [2.05, 4.69) is 25.7 Å². The van der Waals surface area contributed by atoms with Gasteiger partial charge in [0.15, 0.2) is 6.61 Å². The van der Waals surface area contributed by atoms with E-state index < -0.39 is 36.2 Å². The Hall–Kier alpha value is -4.15. The van der Waals surface area contributed by atoms with E-state index in [0.717, 1.165) is 17.5 Å². The summed E-state index contributed by atoms with van der Waals surface area (Å²) in [6, 6.07) is 7.80. The summed E-state index contributed by atoms with van der Waals surface area (Å²) in [5.74, 6) is -2.67. The minimum atomic E-state index is -1.08. The molecule has 2 heterocycles.